The van der Waals surface area contributed by atoms with Crippen molar-refractivity contribution in [3.05, 3.63) is 34.5 Å². The predicted molar refractivity (Wildman–Crippen MR) is 60.6 cm³/mol. The summed E-state index contributed by atoms with van der Waals surface area (Å²) in [6, 6.07) is 5.93. The Morgan fingerprint density at radius 2 is 2.14 bits per heavy atom. The lowest BCUT2D eigenvalue weighted by molar-refractivity contribution is 0.841. The van der Waals surface area contributed by atoms with Crippen LogP contribution < -0.4 is 5.73 Å². The van der Waals surface area contributed by atoms with Gasteiger partial charge in [-0.15, -0.1) is 0 Å². The summed E-state index contributed by atoms with van der Waals surface area (Å²) in [5, 5.41) is 1.97. The van der Waals surface area contributed by atoms with E-state index in [1.54, 1.807) is 0 Å². The van der Waals surface area contributed by atoms with Crippen molar-refractivity contribution in [2.75, 3.05) is 0 Å². The molecule has 14 heavy (non-hydrogen) atoms. The molecule has 0 amide bonds. The summed E-state index contributed by atoms with van der Waals surface area (Å²) in [7, 11) is 2.03. The predicted octanol–water partition coefficient (Wildman–Crippen LogP) is 2.60. The molecular formula is C11H13ClN2. The van der Waals surface area contributed by atoms with Crippen LogP contribution >= 0.6 is 11.6 Å². The average Bonchev–Trinajstić information content (AvgIpc) is 2.39. The number of nitrogens with zero attached hydrogens (tertiary/aromatic N) is 1. The Morgan fingerprint density at radius 1 is 1.43 bits per heavy atom. The normalized spacial score (nSPS) is 11.1. The lowest BCUT2D eigenvalue weighted by atomic mass is 10.1. The van der Waals surface area contributed by atoms with E-state index in [0.29, 0.717) is 6.54 Å². The summed E-state index contributed by atoms with van der Waals surface area (Å²) >= 11 is 5.95. The fourth-order valence-electron chi connectivity index (χ4n) is 1.94. The van der Waals surface area contributed by atoms with Gasteiger partial charge in [0.1, 0.15) is 0 Å². The summed E-state index contributed by atoms with van der Waals surface area (Å²) in [5.74, 6) is 0. The number of halogens is 1. The first-order valence-corrected chi connectivity index (χ1v) is 4.96. The van der Waals surface area contributed by atoms with E-state index in [1.807, 2.05) is 25.2 Å². The van der Waals surface area contributed by atoms with E-state index in [4.69, 9.17) is 17.3 Å². The van der Waals surface area contributed by atoms with Gasteiger partial charge in [-0.1, -0.05) is 11.6 Å². The molecule has 0 aliphatic carbocycles. The van der Waals surface area contributed by atoms with E-state index in [-0.39, 0.29) is 0 Å². The molecule has 0 aliphatic rings. The highest BCUT2D eigenvalue weighted by atomic mass is 35.5. The van der Waals surface area contributed by atoms with Crippen molar-refractivity contribution in [2.24, 2.45) is 12.8 Å². The SMILES string of the molecule is Cc1c(CN)n(C)c2ccc(Cl)cc12. The molecule has 2 rings (SSSR count). The van der Waals surface area contributed by atoms with Gasteiger partial charge >= 0.3 is 0 Å². The largest absolute Gasteiger partial charge is 0.346 e. The molecule has 0 fully saturated rings. The molecule has 2 nitrogen and oxygen atoms in total. The summed E-state index contributed by atoms with van der Waals surface area (Å²) in [5.41, 5.74) is 9.28. The zero-order chi connectivity index (χ0) is 10.3. The first-order valence-electron chi connectivity index (χ1n) is 4.58. The number of hydrogen-bond donors (Lipinski definition) is 1. The van der Waals surface area contributed by atoms with Crippen molar-refractivity contribution in [1.82, 2.24) is 4.57 Å². The molecule has 3 heteroatoms. The molecular weight excluding hydrogens is 196 g/mol. The maximum Gasteiger partial charge on any atom is 0.0484 e. The molecule has 0 bridgehead atoms. The summed E-state index contributed by atoms with van der Waals surface area (Å²) in [4.78, 5) is 0. The summed E-state index contributed by atoms with van der Waals surface area (Å²) in [6.07, 6.45) is 0. The van der Waals surface area contributed by atoms with Crippen LogP contribution in [0, 0.1) is 6.92 Å². The molecule has 0 aliphatic heterocycles. The summed E-state index contributed by atoms with van der Waals surface area (Å²) in [6.45, 7) is 2.65. The monoisotopic (exact) mass is 208 g/mol. The minimum Gasteiger partial charge on any atom is -0.346 e. The standard InChI is InChI=1S/C11H13ClN2/c1-7-9-5-8(12)3-4-10(9)14(2)11(7)6-13/h3-5H,6,13H2,1-2H3. The van der Waals surface area contributed by atoms with Crippen molar-refractivity contribution < 1.29 is 0 Å². The van der Waals surface area contributed by atoms with E-state index in [0.717, 1.165) is 5.02 Å². The van der Waals surface area contributed by atoms with E-state index < -0.39 is 0 Å². The number of aryl methyl sites for hydroxylation is 2. The van der Waals surface area contributed by atoms with Crippen LogP contribution in [0.25, 0.3) is 10.9 Å². The van der Waals surface area contributed by atoms with E-state index >= 15 is 0 Å². The highest BCUT2D eigenvalue weighted by Gasteiger charge is 2.09. The number of benzene rings is 1. The van der Waals surface area contributed by atoms with Crippen LogP contribution in [0.5, 0.6) is 0 Å². The minimum atomic E-state index is 0.564. The molecule has 1 aromatic carbocycles. The molecule has 0 saturated carbocycles. The van der Waals surface area contributed by atoms with E-state index in [9.17, 15) is 0 Å². The van der Waals surface area contributed by atoms with Gasteiger partial charge in [0.25, 0.3) is 0 Å². The molecule has 2 N–H and O–H groups in total. The van der Waals surface area contributed by atoms with Crippen LogP contribution in [0.1, 0.15) is 11.3 Å². The van der Waals surface area contributed by atoms with Gasteiger partial charge in [0.15, 0.2) is 0 Å². The van der Waals surface area contributed by atoms with Crippen LogP contribution in [0.2, 0.25) is 5.02 Å². The zero-order valence-corrected chi connectivity index (χ0v) is 9.10. The zero-order valence-electron chi connectivity index (χ0n) is 8.34. The van der Waals surface area contributed by atoms with Crippen molar-refractivity contribution in [3.8, 4) is 0 Å². The molecule has 1 aromatic heterocycles. The molecule has 0 radical (unpaired) electrons. The lowest BCUT2D eigenvalue weighted by Crippen LogP contribution is -2.04. The third-order valence-electron chi connectivity index (χ3n) is 2.76. The van der Waals surface area contributed by atoms with Crippen LogP contribution in [-0.2, 0) is 13.6 Å². The Bertz CT molecular complexity index is 485. The second-order valence-corrected chi connectivity index (χ2v) is 3.93. The number of fused-ring (bicyclic) bond motifs is 1. The van der Waals surface area contributed by atoms with Gasteiger partial charge < -0.3 is 10.3 Å². The number of aromatic nitrogens is 1. The van der Waals surface area contributed by atoms with Gasteiger partial charge in [-0.25, -0.2) is 0 Å². The molecule has 74 valence electrons. The van der Waals surface area contributed by atoms with Gasteiger partial charge in [0.2, 0.25) is 0 Å². The molecule has 1 heterocycles. The molecule has 0 unspecified atom stereocenters. The third kappa shape index (κ3) is 1.22. The fraction of sp³-hybridized carbons (Fsp3) is 0.273. The topological polar surface area (TPSA) is 30.9 Å². The lowest BCUT2D eigenvalue weighted by Gasteiger charge is -2.00. The third-order valence-corrected chi connectivity index (χ3v) is 2.99. The van der Waals surface area contributed by atoms with Crippen molar-refractivity contribution in [3.63, 3.8) is 0 Å². The van der Waals surface area contributed by atoms with Crippen LogP contribution in [0.4, 0.5) is 0 Å². The van der Waals surface area contributed by atoms with Gasteiger partial charge in [-0.2, -0.15) is 0 Å². The first kappa shape index (κ1) is 9.56. The average molecular weight is 209 g/mol. The van der Waals surface area contributed by atoms with Crippen molar-refractivity contribution >= 4 is 22.5 Å². The number of nitrogens with two attached hydrogens (primary N) is 1. The fourth-order valence-corrected chi connectivity index (χ4v) is 2.12. The number of rotatable bonds is 1. The summed E-state index contributed by atoms with van der Waals surface area (Å²) < 4.78 is 2.13. The van der Waals surface area contributed by atoms with E-state index in [2.05, 4.69) is 11.5 Å². The maximum atomic E-state index is 5.95. The first-order chi connectivity index (χ1) is 6.65. The molecule has 0 saturated heterocycles. The Labute approximate surface area is 88.3 Å². The van der Waals surface area contributed by atoms with E-state index in [1.165, 1.54) is 22.2 Å². The quantitative estimate of drug-likeness (QED) is 0.768. The molecule has 0 atom stereocenters. The molecule has 0 spiro atoms. The van der Waals surface area contributed by atoms with Crippen molar-refractivity contribution in [1.29, 1.82) is 0 Å². The smallest absolute Gasteiger partial charge is 0.0484 e. The highest BCUT2D eigenvalue weighted by molar-refractivity contribution is 6.31. The van der Waals surface area contributed by atoms with Gasteiger partial charge in [0, 0.05) is 35.2 Å². The Hall–Kier alpha value is -0.990. The Morgan fingerprint density at radius 3 is 2.79 bits per heavy atom. The maximum absolute atomic E-state index is 5.95. The van der Waals surface area contributed by atoms with Crippen LogP contribution in [0.3, 0.4) is 0 Å². The number of hydrogen-bond acceptors (Lipinski definition) is 1. The highest BCUT2D eigenvalue weighted by Crippen LogP contribution is 2.26. The van der Waals surface area contributed by atoms with Crippen LogP contribution in [0.15, 0.2) is 18.2 Å². The Kier molecular flexibility index (Phi) is 2.25. The van der Waals surface area contributed by atoms with Gasteiger partial charge in [-0.05, 0) is 30.7 Å². The van der Waals surface area contributed by atoms with Gasteiger partial charge in [0.05, 0.1) is 0 Å². The second-order valence-electron chi connectivity index (χ2n) is 3.50. The van der Waals surface area contributed by atoms with Crippen molar-refractivity contribution in [2.45, 2.75) is 13.5 Å². The Balaban J connectivity index is 2.87. The van der Waals surface area contributed by atoms with Crippen LogP contribution in [-0.4, -0.2) is 4.57 Å². The van der Waals surface area contributed by atoms with Gasteiger partial charge in [-0.3, -0.25) is 0 Å². The minimum absolute atomic E-state index is 0.564. The second kappa shape index (κ2) is 3.30. The molecule has 2 aromatic rings.